The van der Waals surface area contributed by atoms with Gasteiger partial charge in [0.25, 0.3) is 0 Å². The number of rotatable bonds is 5. The molecule has 1 atom stereocenters. The van der Waals surface area contributed by atoms with Crippen molar-refractivity contribution in [1.82, 2.24) is 0 Å². The van der Waals surface area contributed by atoms with Crippen molar-refractivity contribution < 1.29 is 14.3 Å². The monoisotopic (exact) mass is 335 g/mol. The van der Waals surface area contributed by atoms with Crippen LogP contribution in [0, 0.1) is 5.92 Å². The molecule has 7 heteroatoms. The number of nitrogens with one attached hydrogen (secondary N) is 1. The number of alkyl halides is 2. The molecule has 1 aliphatic rings. The molecule has 0 spiro atoms. The molecule has 4 nitrogen and oxygen atoms in total. The number of hydrogen-bond acceptors (Lipinski definition) is 4. The Bertz CT molecular complexity index is 542. The molecule has 0 saturated heterocycles. The predicted molar refractivity (Wildman–Crippen MR) is 80.8 cm³/mol. The van der Waals surface area contributed by atoms with Crippen LogP contribution < -0.4 is 5.32 Å². The fourth-order valence-electron chi connectivity index (χ4n) is 1.77. The van der Waals surface area contributed by atoms with E-state index in [-0.39, 0.29) is 5.91 Å². The van der Waals surface area contributed by atoms with Gasteiger partial charge in [0.2, 0.25) is 5.91 Å². The van der Waals surface area contributed by atoms with Crippen LogP contribution in [-0.4, -0.2) is 22.8 Å². The summed E-state index contributed by atoms with van der Waals surface area (Å²) in [6, 6.07) is 1.75. The van der Waals surface area contributed by atoms with Crippen LogP contribution in [0.25, 0.3) is 0 Å². The summed E-state index contributed by atoms with van der Waals surface area (Å²) in [5.74, 6) is -1.12. The second kappa shape index (κ2) is 5.92. The lowest BCUT2D eigenvalue weighted by Gasteiger charge is -2.06. The highest BCUT2D eigenvalue weighted by molar-refractivity contribution is 7.16. The summed E-state index contributed by atoms with van der Waals surface area (Å²) in [4.78, 5) is 24.9. The summed E-state index contributed by atoms with van der Waals surface area (Å²) in [5.41, 5.74) is 0.387. The smallest absolute Gasteiger partial charge is 0.341 e. The standard InChI is InChI=1S/C13H15Cl2NO3S/c1-3-7-5-8(12(18)19-4-2)11(20-7)16-10(17)9-6-13(9,14)15/h5,9H,3-4,6H2,1-2H3,(H,16,17). The van der Waals surface area contributed by atoms with Crippen LogP contribution in [0.5, 0.6) is 0 Å². The average Bonchev–Trinajstić information content (AvgIpc) is 2.85. The van der Waals surface area contributed by atoms with Crippen LogP contribution in [0.4, 0.5) is 5.00 Å². The Balaban J connectivity index is 2.16. The van der Waals surface area contributed by atoms with E-state index in [0.717, 1.165) is 11.3 Å². The Morgan fingerprint density at radius 1 is 1.50 bits per heavy atom. The van der Waals surface area contributed by atoms with E-state index in [2.05, 4.69) is 5.32 Å². The normalized spacial score (nSPS) is 19.5. The zero-order valence-corrected chi connectivity index (χ0v) is 13.5. The van der Waals surface area contributed by atoms with Crippen LogP contribution in [0.15, 0.2) is 6.07 Å². The van der Waals surface area contributed by atoms with E-state index in [0.29, 0.717) is 23.6 Å². The van der Waals surface area contributed by atoms with Crippen LogP contribution >= 0.6 is 34.5 Å². The number of thiophene rings is 1. The Kier molecular flexibility index (Phi) is 4.62. The lowest BCUT2D eigenvalue weighted by Crippen LogP contribution is -2.18. The van der Waals surface area contributed by atoms with Gasteiger partial charge in [0.1, 0.15) is 9.33 Å². The first-order valence-corrected chi connectivity index (χ1v) is 7.94. The zero-order valence-electron chi connectivity index (χ0n) is 11.2. The van der Waals surface area contributed by atoms with Gasteiger partial charge in [0.05, 0.1) is 18.1 Å². The highest BCUT2D eigenvalue weighted by Gasteiger charge is 2.56. The van der Waals surface area contributed by atoms with E-state index in [9.17, 15) is 9.59 Å². The molecule has 1 N–H and O–H groups in total. The molecule has 0 bridgehead atoms. The van der Waals surface area contributed by atoms with Crippen molar-refractivity contribution >= 4 is 51.4 Å². The van der Waals surface area contributed by atoms with Gasteiger partial charge in [-0.05, 0) is 25.8 Å². The van der Waals surface area contributed by atoms with E-state index in [1.54, 1.807) is 13.0 Å². The van der Waals surface area contributed by atoms with Crippen LogP contribution in [0.1, 0.15) is 35.5 Å². The third-order valence-electron chi connectivity index (χ3n) is 3.01. The van der Waals surface area contributed by atoms with Crippen LogP contribution in [0.2, 0.25) is 0 Å². The van der Waals surface area contributed by atoms with Gasteiger partial charge in [-0.15, -0.1) is 34.5 Å². The summed E-state index contributed by atoms with van der Waals surface area (Å²) in [7, 11) is 0. The maximum absolute atomic E-state index is 12.0. The Labute approximate surface area is 131 Å². The maximum Gasteiger partial charge on any atom is 0.341 e. The molecule has 1 aromatic heterocycles. The fraction of sp³-hybridized carbons (Fsp3) is 0.538. The number of aryl methyl sites for hydroxylation is 1. The van der Waals surface area contributed by atoms with Crippen molar-refractivity contribution in [3.63, 3.8) is 0 Å². The molecule has 1 heterocycles. The summed E-state index contributed by atoms with van der Waals surface area (Å²) in [5, 5.41) is 3.23. The highest BCUT2D eigenvalue weighted by atomic mass is 35.5. The molecule has 2 rings (SSSR count). The summed E-state index contributed by atoms with van der Waals surface area (Å²) < 4.78 is 4.02. The van der Waals surface area contributed by atoms with Crippen molar-refractivity contribution in [3.8, 4) is 0 Å². The first-order valence-electron chi connectivity index (χ1n) is 6.37. The number of esters is 1. The minimum atomic E-state index is -0.973. The molecule has 0 aromatic carbocycles. The fourth-order valence-corrected chi connectivity index (χ4v) is 3.26. The van der Waals surface area contributed by atoms with E-state index >= 15 is 0 Å². The molecule has 0 aliphatic heterocycles. The average molecular weight is 336 g/mol. The van der Waals surface area contributed by atoms with E-state index < -0.39 is 16.2 Å². The molecule has 110 valence electrons. The summed E-state index contributed by atoms with van der Waals surface area (Å²) in [6.45, 7) is 4.01. The SMILES string of the molecule is CCOC(=O)c1cc(CC)sc1NC(=O)C1CC1(Cl)Cl. The van der Waals surface area contributed by atoms with Gasteiger partial charge in [-0.1, -0.05) is 6.92 Å². The van der Waals surface area contributed by atoms with E-state index in [1.165, 1.54) is 11.3 Å². The topological polar surface area (TPSA) is 55.4 Å². The number of hydrogen-bond donors (Lipinski definition) is 1. The highest BCUT2D eigenvalue weighted by Crippen LogP contribution is 2.53. The van der Waals surface area contributed by atoms with Gasteiger partial charge in [0, 0.05) is 4.88 Å². The predicted octanol–water partition coefficient (Wildman–Crippen LogP) is 3.62. The molecule has 1 unspecified atom stereocenters. The van der Waals surface area contributed by atoms with Crippen molar-refractivity contribution in [2.24, 2.45) is 5.92 Å². The molecule has 20 heavy (non-hydrogen) atoms. The number of amides is 1. The van der Waals surface area contributed by atoms with Crippen molar-refractivity contribution in [1.29, 1.82) is 0 Å². The molecular weight excluding hydrogens is 321 g/mol. The second-order valence-corrected chi connectivity index (χ2v) is 7.22. The number of ether oxygens (including phenoxy) is 1. The van der Waals surface area contributed by atoms with Crippen molar-refractivity contribution in [3.05, 3.63) is 16.5 Å². The second-order valence-electron chi connectivity index (χ2n) is 4.54. The van der Waals surface area contributed by atoms with E-state index in [1.807, 2.05) is 6.92 Å². The maximum atomic E-state index is 12.0. The van der Waals surface area contributed by atoms with Crippen LogP contribution in [0.3, 0.4) is 0 Å². The molecule has 1 amide bonds. The number of anilines is 1. The number of carbonyl (C=O) groups excluding carboxylic acids is 2. The van der Waals surface area contributed by atoms with Gasteiger partial charge in [-0.25, -0.2) is 4.79 Å². The molecule has 1 aliphatic carbocycles. The Morgan fingerprint density at radius 3 is 2.65 bits per heavy atom. The molecule has 0 radical (unpaired) electrons. The van der Waals surface area contributed by atoms with E-state index in [4.69, 9.17) is 27.9 Å². The lowest BCUT2D eigenvalue weighted by atomic mass is 10.2. The minimum Gasteiger partial charge on any atom is -0.462 e. The molecular formula is C13H15Cl2NO3S. The quantitative estimate of drug-likeness (QED) is 0.660. The molecule has 1 saturated carbocycles. The summed E-state index contributed by atoms with van der Waals surface area (Å²) in [6.07, 6.45) is 1.22. The Hall–Kier alpha value is -0.780. The number of carbonyl (C=O) groups is 2. The van der Waals surface area contributed by atoms with Crippen molar-refractivity contribution in [2.45, 2.75) is 31.0 Å². The molecule has 1 aromatic rings. The largest absolute Gasteiger partial charge is 0.462 e. The number of halogens is 2. The third kappa shape index (κ3) is 3.27. The summed E-state index contributed by atoms with van der Waals surface area (Å²) >= 11 is 13.1. The van der Waals surface area contributed by atoms with Gasteiger partial charge in [-0.3, -0.25) is 4.79 Å². The lowest BCUT2D eigenvalue weighted by molar-refractivity contribution is -0.117. The van der Waals surface area contributed by atoms with Gasteiger partial charge in [0.15, 0.2) is 0 Å². The first-order chi connectivity index (χ1) is 9.39. The van der Waals surface area contributed by atoms with Gasteiger partial charge < -0.3 is 10.1 Å². The third-order valence-corrected chi connectivity index (χ3v) is 5.04. The van der Waals surface area contributed by atoms with Gasteiger partial charge >= 0.3 is 5.97 Å². The van der Waals surface area contributed by atoms with Crippen molar-refractivity contribution in [2.75, 3.05) is 11.9 Å². The first kappa shape index (κ1) is 15.6. The zero-order chi connectivity index (χ0) is 14.9. The molecule has 1 fully saturated rings. The Morgan fingerprint density at radius 2 is 2.15 bits per heavy atom. The minimum absolute atomic E-state index is 0.259. The van der Waals surface area contributed by atoms with Gasteiger partial charge in [-0.2, -0.15) is 0 Å². The van der Waals surface area contributed by atoms with Crippen LogP contribution in [-0.2, 0) is 16.0 Å².